The summed E-state index contributed by atoms with van der Waals surface area (Å²) in [5.41, 5.74) is 1.26. The van der Waals surface area contributed by atoms with Crippen LogP contribution in [0, 0.1) is 0 Å². The lowest BCUT2D eigenvalue weighted by Crippen LogP contribution is -2.47. The van der Waals surface area contributed by atoms with Crippen molar-refractivity contribution < 1.29 is 8.42 Å². The predicted molar refractivity (Wildman–Crippen MR) is 90.2 cm³/mol. The molecule has 0 aromatic heterocycles. The molecule has 1 aliphatic rings. The first-order chi connectivity index (χ1) is 9.91. The van der Waals surface area contributed by atoms with Gasteiger partial charge in [-0.2, -0.15) is 0 Å². The number of hydrogen-bond donors (Lipinski definition) is 1. The normalized spacial score (nSPS) is 23.9. The van der Waals surface area contributed by atoms with E-state index in [0.717, 1.165) is 17.4 Å². The first-order valence-corrected chi connectivity index (χ1v) is 9.90. The zero-order chi connectivity index (χ0) is 15.5. The molecule has 4 nitrogen and oxygen atoms in total. The van der Waals surface area contributed by atoms with Gasteiger partial charge in [0.15, 0.2) is 9.84 Å². The minimum Gasteiger partial charge on any atom is -0.313 e. The molecule has 0 amide bonds. The third-order valence-corrected chi connectivity index (χ3v) is 6.46. The van der Waals surface area contributed by atoms with E-state index in [9.17, 15) is 8.42 Å². The first-order valence-electron chi connectivity index (χ1n) is 7.28. The molecule has 0 aliphatic carbocycles. The third kappa shape index (κ3) is 4.77. The third-order valence-electron chi connectivity index (χ3n) is 4.13. The number of nitrogens with one attached hydrogen (secondary N) is 1. The standard InChI is InChI=1S/C15H23BrN2O2S/c1-12-11-21(19,20)10-9-18(12)8-7-15(17-2)13-3-5-14(16)6-4-13/h3-6,12,15,17H,7-11H2,1-2H3. The van der Waals surface area contributed by atoms with E-state index < -0.39 is 9.84 Å². The van der Waals surface area contributed by atoms with Gasteiger partial charge in [0.05, 0.1) is 11.5 Å². The maximum Gasteiger partial charge on any atom is 0.153 e. The van der Waals surface area contributed by atoms with Gasteiger partial charge < -0.3 is 5.32 Å². The van der Waals surface area contributed by atoms with Crippen LogP contribution in [-0.4, -0.2) is 51.0 Å². The van der Waals surface area contributed by atoms with Crippen molar-refractivity contribution in [2.75, 3.05) is 31.6 Å². The van der Waals surface area contributed by atoms with Gasteiger partial charge in [0, 0.05) is 29.6 Å². The van der Waals surface area contributed by atoms with Crippen molar-refractivity contribution in [2.24, 2.45) is 0 Å². The molecular weight excluding hydrogens is 352 g/mol. The Hall–Kier alpha value is -0.430. The van der Waals surface area contributed by atoms with Gasteiger partial charge in [-0.15, -0.1) is 0 Å². The van der Waals surface area contributed by atoms with Crippen LogP contribution in [0.3, 0.4) is 0 Å². The monoisotopic (exact) mass is 374 g/mol. The van der Waals surface area contributed by atoms with E-state index in [4.69, 9.17) is 0 Å². The molecule has 0 bridgehead atoms. The smallest absolute Gasteiger partial charge is 0.153 e. The highest BCUT2D eigenvalue weighted by Gasteiger charge is 2.28. The van der Waals surface area contributed by atoms with E-state index >= 15 is 0 Å². The molecule has 1 aromatic rings. The molecule has 6 heteroatoms. The summed E-state index contributed by atoms with van der Waals surface area (Å²) >= 11 is 3.45. The molecule has 0 spiro atoms. The van der Waals surface area contributed by atoms with E-state index in [2.05, 4.69) is 50.4 Å². The van der Waals surface area contributed by atoms with E-state index in [0.29, 0.717) is 18.3 Å². The van der Waals surface area contributed by atoms with Crippen LogP contribution in [-0.2, 0) is 9.84 Å². The van der Waals surface area contributed by atoms with Crippen LogP contribution in [0.15, 0.2) is 28.7 Å². The van der Waals surface area contributed by atoms with Gasteiger partial charge in [0.1, 0.15) is 0 Å². The SMILES string of the molecule is CNC(CCN1CCS(=O)(=O)CC1C)c1ccc(Br)cc1. The Morgan fingerprint density at radius 1 is 1.38 bits per heavy atom. The van der Waals surface area contributed by atoms with Gasteiger partial charge in [-0.3, -0.25) is 4.90 Å². The lowest BCUT2D eigenvalue weighted by molar-refractivity contribution is 0.215. The van der Waals surface area contributed by atoms with Crippen molar-refractivity contribution >= 4 is 25.8 Å². The topological polar surface area (TPSA) is 49.4 Å². The first kappa shape index (κ1) is 16.9. The van der Waals surface area contributed by atoms with Gasteiger partial charge in [-0.1, -0.05) is 28.1 Å². The van der Waals surface area contributed by atoms with E-state index in [-0.39, 0.29) is 11.8 Å². The maximum absolute atomic E-state index is 11.6. The summed E-state index contributed by atoms with van der Waals surface area (Å²) in [6, 6.07) is 8.76. The highest BCUT2D eigenvalue weighted by molar-refractivity contribution is 9.10. The molecule has 21 heavy (non-hydrogen) atoms. The zero-order valence-electron chi connectivity index (χ0n) is 12.5. The molecule has 0 radical (unpaired) electrons. The molecule has 1 fully saturated rings. The summed E-state index contributed by atoms with van der Waals surface area (Å²) in [5, 5.41) is 3.35. The Kier molecular flexibility index (Phi) is 5.82. The summed E-state index contributed by atoms with van der Waals surface area (Å²) in [4.78, 5) is 2.28. The average Bonchev–Trinajstić information content (AvgIpc) is 2.42. The Morgan fingerprint density at radius 2 is 2.05 bits per heavy atom. The molecule has 1 aromatic carbocycles. The molecule has 118 valence electrons. The van der Waals surface area contributed by atoms with Gasteiger partial charge in [0.25, 0.3) is 0 Å². The lowest BCUT2D eigenvalue weighted by atomic mass is 10.0. The number of halogens is 1. The number of sulfone groups is 1. The molecule has 2 rings (SSSR count). The second kappa shape index (κ2) is 7.22. The van der Waals surface area contributed by atoms with E-state index in [1.165, 1.54) is 5.56 Å². The van der Waals surface area contributed by atoms with Crippen LogP contribution in [0.4, 0.5) is 0 Å². The number of benzene rings is 1. The lowest BCUT2D eigenvalue weighted by Gasteiger charge is -2.34. The Morgan fingerprint density at radius 3 is 2.62 bits per heavy atom. The van der Waals surface area contributed by atoms with Crippen molar-refractivity contribution in [3.05, 3.63) is 34.3 Å². The molecule has 0 saturated carbocycles. The highest BCUT2D eigenvalue weighted by Crippen LogP contribution is 2.21. The minimum absolute atomic E-state index is 0.117. The van der Waals surface area contributed by atoms with Gasteiger partial charge in [0.2, 0.25) is 0 Å². The largest absolute Gasteiger partial charge is 0.313 e. The van der Waals surface area contributed by atoms with Crippen molar-refractivity contribution in [3.63, 3.8) is 0 Å². The maximum atomic E-state index is 11.6. The summed E-state index contributed by atoms with van der Waals surface area (Å²) in [7, 11) is -0.859. The Labute approximate surface area is 136 Å². The Balaban J connectivity index is 1.93. The summed E-state index contributed by atoms with van der Waals surface area (Å²) < 4.78 is 24.3. The second-order valence-electron chi connectivity index (χ2n) is 5.68. The number of rotatable bonds is 5. The van der Waals surface area contributed by atoms with Crippen LogP contribution in [0.5, 0.6) is 0 Å². The molecule has 2 unspecified atom stereocenters. The summed E-state index contributed by atoms with van der Waals surface area (Å²) in [6.07, 6.45) is 0.975. The van der Waals surface area contributed by atoms with Crippen LogP contribution in [0.2, 0.25) is 0 Å². The fourth-order valence-electron chi connectivity index (χ4n) is 2.83. The fraction of sp³-hybridized carbons (Fsp3) is 0.600. The average molecular weight is 375 g/mol. The molecular formula is C15H23BrN2O2S. The van der Waals surface area contributed by atoms with Crippen LogP contribution in [0.1, 0.15) is 24.9 Å². The molecule has 1 aliphatic heterocycles. The van der Waals surface area contributed by atoms with Crippen LogP contribution in [0.25, 0.3) is 0 Å². The fourth-order valence-corrected chi connectivity index (χ4v) is 4.72. The molecule has 1 N–H and O–H groups in total. The van der Waals surface area contributed by atoms with Gasteiger partial charge >= 0.3 is 0 Å². The van der Waals surface area contributed by atoms with Crippen molar-refractivity contribution in [2.45, 2.75) is 25.4 Å². The second-order valence-corrected chi connectivity index (χ2v) is 8.83. The molecule has 1 saturated heterocycles. The van der Waals surface area contributed by atoms with Crippen molar-refractivity contribution in [3.8, 4) is 0 Å². The quantitative estimate of drug-likeness (QED) is 0.858. The number of nitrogens with zero attached hydrogens (tertiary/aromatic N) is 1. The van der Waals surface area contributed by atoms with Crippen molar-refractivity contribution in [1.29, 1.82) is 0 Å². The molecule has 2 atom stereocenters. The van der Waals surface area contributed by atoms with Crippen LogP contribution < -0.4 is 5.32 Å². The van der Waals surface area contributed by atoms with Crippen LogP contribution >= 0.6 is 15.9 Å². The molecule has 1 heterocycles. The Bertz CT molecular complexity index is 560. The summed E-state index contributed by atoms with van der Waals surface area (Å²) in [6.45, 7) is 3.57. The predicted octanol–water partition coefficient (Wildman–Crippen LogP) is 2.22. The van der Waals surface area contributed by atoms with Crippen molar-refractivity contribution in [1.82, 2.24) is 10.2 Å². The summed E-state index contributed by atoms with van der Waals surface area (Å²) in [5.74, 6) is 0.579. The minimum atomic E-state index is -2.83. The zero-order valence-corrected chi connectivity index (χ0v) is 15.0. The number of hydrogen-bond acceptors (Lipinski definition) is 4. The highest BCUT2D eigenvalue weighted by atomic mass is 79.9. The van der Waals surface area contributed by atoms with Gasteiger partial charge in [-0.25, -0.2) is 8.42 Å². The van der Waals surface area contributed by atoms with Gasteiger partial charge in [-0.05, 0) is 38.1 Å². The van der Waals surface area contributed by atoms with E-state index in [1.54, 1.807) is 0 Å². The van der Waals surface area contributed by atoms with E-state index in [1.807, 2.05) is 14.0 Å².